The molecule has 0 saturated heterocycles. The van der Waals surface area contributed by atoms with Crippen LogP contribution in [0, 0.1) is 13.8 Å². The van der Waals surface area contributed by atoms with E-state index in [1.807, 2.05) is 26.0 Å². The molecule has 0 atom stereocenters. The first kappa shape index (κ1) is 19.0. The predicted molar refractivity (Wildman–Crippen MR) is 105 cm³/mol. The standard InChI is InChI=1S/C22H29NO2/c1-14(2)19-8-7-9-20(15(3)4)22(19)23-21(24)13-25-18-11-16(5)10-17(6)12-18/h7-12,14-15H,13H2,1-6H3,(H,23,24). The Morgan fingerprint density at radius 1 is 0.960 bits per heavy atom. The molecule has 2 aromatic rings. The third-order valence-electron chi connectivity index (χ3n) is 4.20. The van der Waals surface area contributed by atoms with Crippen LogP contribution < -0.4 is 10.1 Å². The first-order valence-corrected chi connectivity index (χ1v) is 8.91. The number of aryl methyl sites for hydroxylation is 2. The number of para-hydroxylation sites is 1. The number of nitrogens with one attached hydrogen (secondary N) is 1. The maximum Gasteiger partial charge on any atom is 0.262 e. The lowest BCUT2D eigenvalue weighted by Gasteiger charge is -2.20. The molecule has 134 valence electrons. The highest BCUT2D eigenvalue weighted by Gasteiger charge is 2.16. The van der Waals surface area contributed by atoms with Crippen molar-refractivity contribution in [2.45, 2.75) is 53.4 Å². The molecule has 25 heavy (non-hydrogen) atoms. The minimum Gasteiger partial charge on any atom is -0.484 e. The fourth-order valence-corrected chi connectivity index (χ4v) is 3.04. The molecule has 0 aromatic heterocycles. The van der Waals surface area contributed by atoms with E-state index in [0.717, 1.165) is 33.7 Å². The lowest BCUT2D eigenvalue weighted by molar-refractivity contribution is -0.118. The first-order valence-electron chi connectivity index (χ1n) is 8.91. The van der Waals surface area contributed by atoms with Gasteiger partial charge >= 0.3 is 0 Å². The Balaban J connectivity index is 2.14. The van der Waals surface area contributed by atoms with Crippen molar-refractivity contribution in [3.8, 4) is 5.75 Å². The molecule has 1 N–H and O–H groups in total. The zero-order valence-corrected chi connectivity index (χ0v) is 16.1. The average Bonchev–Trinajstić information content (AvgIpc) is 2.51. The summed E-state index contributed by atoms with van der Waals surface area (Å²) in [6.45, 7) is 12.6. The zero-order chi connectivity index (χ0) is 18.6. The Bertz CT molecular complexity index is 701. The molecule has 0 heterocycles. The van der Waals surface area contributed by atoms with E-state index in [9.17, 15) is 4.79 Å². The van der Waals surface area contributed by atoms with Crippen LogP contribution in [0.15, 0.2) is 36.4 Å². The van der Waals surface area contributed by atoms with Crippen molar-refractivity contribution >= 4 is 11.6 Å². The summed E-state index contributed by atoms with van der Waals surface area (Å²) in [5.74, 6) is 1.28. The molecule has 0 aliphatic heterocycles. The van der Waals surface area contributed by atoms with Crippen LogP contribution in [0.5, 0.6) is 5.75 Å². The van der Waals surface area contributed by atoms with Crippen LogP contribution in [0.25, 0.3) is 0 Å². The van der Waals surface area contributed by atoms with Crippen molar-refractivity contribution in [2.75, 3.05) is 11.9 Å². The molecule has 3 heteroatoms. The SMILES string of the molecule is Cc1cc(C)cc(OCC(=O)Nc2c(C(C)C)cccc2C(C)C)c1. The second kappa shape index (κ2) is 8.19. The monoisotopic (exact) mass is 339 g/mol. The Morgan fingerprint density at radius 2 is 1.48 bits per heavy atom. The van der Waals surface area contributed by atoms with Gasteiger partial charge < -0.3 is 10.1 Å². The summed E-state index contributed by atoms with van der Waals surface area (Å²) < 4.78 is 5.69. The van der Waals surface area contributed by atoms with E-state index in [2.05, 4.69) is 57.3 Å². The van der Waals surface area contributed by atoms with E-state index in [1.165, 1.54) is 0 Å². The maximum atomic E-state index is 12.5. The van der Waals surface area contributed by atoms with E-state index >= 15 is 0 Å². The highest BCUT2D eigenvalue weighted by atomic mass is 16.5. The second-order valence-electron chi connectivity index (χ2n) is 7.28. The number of amides is 1. The number of carbonyl (C=O) groups is 1. The summed E-state index contributed by atoms with van der Waals surface area (Å²) in [5.41, 5.74) is 5.50. The van der Waals surface area contributed by atoms with Gasteiger partial charge in [-0.25, -0.2) is 0 Å². The number of anilines is 1. The van der Waals surface area contributed by atoms with Crippen LogP contribution in [0.3, 0.4) is 0 Å². The molecule has 2 rings (SSSR count). The van der Waals surface area contributed by atoms with Gasteiger partial charge in [-0.15, -0.1) is 0 Å². The van der Waals surface area contributed by atoms with Crippen LogP contribution in [0.2, 0.25) is 0 Å². The molecule has 0 bridgehead atoms. The van der Waals surface area contributed by atoms with E-state index in [-0.39, 0.29) is 12.5 Å². The van der Waals surface area contributed by atoms with Crippen molar-refractivity contribution in [2.24, 2.45) is 0 Å². The number of hydrogen-bond acceptors (Lipinski definition) is 2. The average molecular weight is 339 g/mol. The fraction of sp³-hybridized carbons (Fsp3) is 0.409. The number of rotatable bonds is 6. The third kappa shape index (κ3) is 5.09. The largest absolute Gasteiger partial charge is 0.484 e. The van der Waals surface area contributed by atoms with Crippen LogP contribution in [-0.4, -0.2) is 12.5 Å². The smallest absolute Gasteiger partial charge is 0.262 e. The quantitative estimate of drug-likeness (QED) is 0.747. The molecule has 0 fully saturated rings. The predicted octanol–water partition coefficient (Wildman–Crippen LogP) is 5.57. The Morgan fingerprint density at radius 3 is 1.96 bits per heavy atom. The van der Waals surface area contributed by atoms with Crippen molar-refractivity contribution in [3.63, 3.8) is 0 Å². The molecular formula is C22H29NO2. The summed E-state index contributed by atoms with van der Waals surface area (Å²) in [4.78, 5) is 12.5. The van der Waals surface area contributed by atoms with Gasteiger partial charge in [-0.1, -0.05) is 52.0 Å². The number of hydrogen-bond donors (Lipinski definition) is 1. The topological polar surface area (TPSA) is 38.3 Å². The molecular weight excluding hydrogens is 310 g/mol. The normalized spacial score (nSPS) is 11.0. The summed E-state index contributed by atoms with van der Waals surface area (Å²) in [6.07, 6.45) is 0. The van der Waals surface area contributed by atoms with Crippen molar-refractivity contribution in [3.05, 3.63) is 58.7 Å². The van der Waals surface area contributed by atoms with Crippen molar-refractivity contribution in [1.29, 1.82) is 0 Å². The van der Waals surface area contributed by atoms with Gasteiger partial charge in [0, 0.05) is 5.69 Å². The minimum absolute atomic E-state index is 0.00680. The Labute approximate surface area is 151 Å². The Hall–Kier alpha value is -2.29. The van der Waals surface area contributed by atoms with Gasteiger partial charge in [-0.2, -0.15) is 0 Å². The third-order valence-corrected chi connectivity index (χ3v) is 4.20. The lowest BCUT2D eigenvalue weighted by Crippen LogP contribution is -2.22. The highest BCUT2D eigenvalue weighted by Crippen LogP contribution is 2.32. The molecule has 3 nitrogen and oxygen atoms in total. The van der Waals surface area contributed by atoms with E-state index in [0.29, 0.717) is 11.8 Å². The van der Waals surface area contributed by atoms with Crippen LogP contribution >= 0.6 is 0 Å². The summed E-state index contributed by atoms with van der Waals surface area (Å²) in [5, 5.41) is 3.08. The number of carbonyl (C=O) groups excluding carboxylic acids is 1. The zero-order valence-electron chi connectivity index (χ0n) is 16.1. The summed E-state index contributed by atoms with van der Waals surface area (Å²) >= 11 is 0. The maximum absolute atomic E-state index is 12.5. The van der Waals surface area contributed by atoms with Gasteiger partial charge in [0.1, 0.15) is 5.75 Å². The number of ether oxygens (including phenoxy) is 1. The first-order chi connectivity index (χ1) is 11.8. The molecule has 0 aliphatic carbocycles. The molecule has 1 amide bonds. The van der Waals surface area contributed by atoms with Crippen LogP contribution in [-0.2, 0) is 4.79 Å². The Kier molecular flexibility index (Phi) is 6.24. The van der Waals surface area contributed by atoms with Crippen LogP contribution in [0.4, 0.5) is 5.69 Å². The second-order valence-corrected chi connectivity index (χ2v) is 7.28. The van der Waals surface area contributed by atoms with Gasteiger partial charge in [0.15, 0.2) is 6.61 Å². The van der Waals surface area contributed by atoms with Gasteiger partial charge in [0.2, 0.25) is 0 Å². The summed E-state index contributed by atoms with van der Waals surface area (Å²) in [6, 6.07) is 12.2. The van der Waals surface area contributed by atoms with E-state index < -0.39 is 0 Å². The molecule has 0 unspecified atom stereocenters. The van der Waals surface area contributed by atoms with Crippen LogP contribution in [0.1, 0.15) is 61.8 Å². The molecule has 0 aliphatic rings. The molecule has 0 saturated carbocycles. The van der Waals surface area contributed by atoms with Gasteiger partial charge in [0.05, 0.1) is 0 Å². The van der Waals surface area contributed by atoms with Crippen molar-refractivity contribution < 1.29 is 9.53 Å². The van der Waals surface area contributed by atoms with Gasteiger partial charge in [-0.05, 0) is 60.1 Å². The summed E-state index contributed by atoms with van der Waals surface area (Å²) in [7, 11) is 0. The molecule has 2 aromatic carbocycles. The van der Waals surface area contributed by atoms with E-state index in [4.69, 9.17) is 4.74 Å². The molecule has 0 radical (unpaired) electrons. The van der Waals surface area contributed by atoms with Gasteiger partial charge in [0.25, 0.3) is 5.91 Å². The number of benzene rings is 2. The minimum atomic E-state index is -0.130. The van der Waals surface area contributed by atoms with E-state index in [1.54, 1.807) is 0 Å². The highest BCUT2D eigenvalue weighted by molar-refractivity contribution is 5.93. The van der Waals surface area contributed by atoms with Crippen molar-refractivity contribution in [1.82, 2.24) is 0 Å². The fourth-order valence-electron chi connectivity index (χ4n) is 3.04. The van der Waals surface area contributed by atoms with Gasteiger partial charge in [-0.3, -0.25) is 4.79 Å². The molecule has 0 spiro atoms. The lowest BCUT2D eigenvalue weighted by atomic mass is 9.92.